The number of sulfonamides is 1. The Kier molecular flexibility index (Phi) is 6.18. The van der Waals surface area contributed by atoms with Crippen molar-refractivity contribution in [3.8, 4) is 0 Å². The standard InChI is InChI=1S/C12H14BrF4NO2S/c1-2-3-6-18(8-12(15,16)17)21(19,20)9-4-5-10(13)11(14)7-9/h4-5,7H,2-3,6,8H2,1H3. The molecule has 0 unspecified atom stereocenters. The average Bonchev–Trinajstić information content (AvgIpc) is 2.36. The Morgan fingerprint density at radius 1 is 1.29 bits per heavy atom. The topological polar surface area (TPSA) is 37.4 Å². The third-order valence-electron chi connectivity index (χ3n) is 2.65. The van der Waals surface area contributed by atoms with Gasteiger partial charge >= 0.3 is 6.18 Å². The predicted octanol–water partition coefficient (Wildman–Crippen LogP) is 3.94. The molecule has 0 aliphatic carbocycles. The maximum atomic E-state index is 13.4. The Balaban J connectivity index is 3.16. The summed E-state index contributed by atoms with van der Waals surface area (Å²) in [7, 11) is -4.39. The molecule has 0 aliphatic rings. The zero-order valence-electron chi connectivity index (χ0n) is 11.1. The molecule has 0 aromatic heterocycles. The van der Waals surface area contributed by atoms with Gasteiger partial charge in [-0.2, -0.15) is 17.5 Å². The van der Waals surface area contributed by atoms with Crippen molar-refractivity contribution in [1.29, 1.82) is 0 Å². The van der Waals surface area contributed by atoms with Crippen molar-refractivity contribution in [3.63, 3.8) is 0 Å². The third-order valence-corrected chi connectivity index (χ3v) is 5.13. The summed E-state index contributed by atoms with van der Waals surface area (Å²) in [6.45, 7) is -0.124. The van der Waals surface area contributed by atoms with Gasteiger partial charge in [0.15, 0.2) is 0 Å². The summed E-state index contributed by atoms with van der Waals surface area (Å²) in [5, 5.41) is 0. The van der Waals surface area contributed by atoms with Crippen LogP contribution in [0, 0.1) is 5.82 Å². The molecule has 0 aliphatic heterocycles. The molecular formula is C12H14BrF4NO2S. The molecule has 0 heterocycles. The highest BCUT2D eigenvalue weighted by atomic mass is 79.9. The summed E-state index contributed by atoms with van der Waals surface area (Å²) in [5.74, 6) is -0.849. The number of hydrogen-bond acceptors (Lipinski definition) is 2. The molecule has 21 heavy (non-hydrogen) atoms. The van der Waals surface area contributed by atoms with Crippen molar-refractivity contribution in [1.82, 2.24) is 4.31 Å². The minimum absolute atomic E-state index is 0.0392. The van der Waals surface area contributed by atoms with Gasteiger partial charge in [-0.25, -0.2) is 12.8 Å². The van der Waals surface area contributed by atoms with Crippen LogP contribution in [0.5, 0.6) is 0 Å². The first-order chi connectivity index (χ1) is 9.58. The van der Waals surface area contributed by atoms with E-state index < -0.39 is 33.5 Å². The Morgan fingerprint density at radius 3 is 2.38 bits per heavy atom. The summed E-state index contributed by atoms with van der Waals surface area (Å²) >= 11 is 2.86. The highest BCUT2D eigenvalue weighted by Gasteiger charge is 2.36. The highest BCUT2D eigenvalue weighted by Crippen LogP contribution is 2.25. The van der Waals surface area contributed by atoms with Crippen molar-refractivity contribution in [2.45, 2.75) is 30.8 Å². The number of rotatable bonds is 6. The quantitative estimate of drug-likeness (QED) is 0.688. The van der Waals surface area contributed by atoms with E-state index in [1.54, 1.807) is 6.92 Å². The fraction of sp³-hybridized carbons (Fsp3) is 0.500. The molecule has 0 atom stereocenters. The van der Waals surface area contributed by atoms with E-state index in [0.717, 1.165) is 12.1 Å². The lowest BCUT2D eigenvalue weighted by molar-refractivity contribution is -0.136. The zero-order valence-corrected chi connectivity index (χ0v) is 13.5. The van der Waals surface area contributed by atoms with Crippen LogP contribution in [0.1, 0.15) is 19.8 Å². The summed E-state index contributed by atoms with van der Waals surface area (Å²) < 4.78 is 75.8. The second-order valence-corrected chi connectivity index (χ2v) is 7.18. The molecule has 0 spiro atoms. The molecule has 1 rings (SSSR count). The van der Waals surface area contributed by atoms with E-state index in [0.29, 0.717) is 16.8 Å². The average molecular weight is 392 g/mol. The number of unbranched alkanes of at least 4 members (excludes halogenated alkanes) is 1. The maximum Gasteiger partial charge on any atom is 0.402 e. The summed E-state index contributed by atoms with van der Waals surface area (Å²) in [4.78, 5) is -0.497. The first-order valence-electron chi connectivity index (χ1n) is 6.10. The molecule has 0 saturated carbocycles. The first kappa shape index (κ1) is 18.4. The predicted molar refractivity (Wildman–Crippen MR) is 73.8 cm³/mol. The first-order valence-corrected chi connectivity index (χ1v) is 8.33. The fourth-order valence-corrected chi connectivity index (χ4v) is 3.33. The molecule has 0 radical (unpaired) electrons. The van der Waals surface area contributed by atoms with Crippen LogP contribution in [0.15, 0.2) is 27.6 Å². The van der Waals surface area contributed by atoms with Gasteiger partial charge in [-0.3, -0.25) is 0 Å². The van der Waals surface area contributed by atoms with Crippen LogP contribution in [0.3, 0.4) is 0 Å². The van der Waals surface area contributed by atoms with Crippen molar-refractivity contribution < 1.29 is 26.0 Å². The van der Waals surface area contributed by atoms with Crippen molar-refractivity contribution >= 4 is 26.0 Å². The zero-order chi connectivity index (χ0) is 16.3. The van der Waals surface area contributed by atoms with E-state index in [1.165, 1.54) is 0 Å². The molecule has 0 fully saturated rings. The number of hydrogen-bond donors (Lipinski definition) is 0. The largest absolute Gasteiger partial charge is 0.402 e. The molecule has 0 saturated heterocycles. The Labute approximate surface area is 129 Å². The molecule has 9 heteroatoms. The third kappa shape index (κ3) is 5.23. The second kappa shape index (κ2) is 7.06. The summed E-state index contributed by atoms with van der Waals surface area (Å²) in [5.41, 5.74) is 0. The molecule has 3 nitrogen and oxygen atoms in total. The van der Waals surface area contributed by atoms with Gasteiger partial charge in [-0.05, 0) is 40.5 Å². The van der Waals surface area contributed by atoms with E-state index in [-0.39, 0.29) is 17.4 Å². The van der Waals surface area contributed by atoms with E-state index in [9.17, 15) is 26.0 Å². The highest BCUT2D eigenvalue weighted by molar-refractivity contribution is 9.10. The summed E-state index contributed by atoms with van der Waals surface area (Å²) in [6.07, 6.45) is -3.83. The lowest BCUT2D eigenvalue weighted by Crippen LogP contribution is -2.39. The molecule has 1 aromatic carbocycles. The summed E-state index contributed by atoms with van der Waals surface area (Å²) in [6, 6.07) is 2.92. The molecule has 0 N–H and O–H groups in total. The van der Waals surface area contributed by atoms with Crippen LogP contribution in [-0.4, -0.2) is 32.0 Å². The van der Waals surface area contributed by atoms with Gasteiger partial charge in [0, 0.05) is 6.54 Å². The van der Waals surface area contributed by atoms with Gasteiger partial charge < -0.3 is 0 Å². The van der Waals surface area contributed by atoms with Gasteiger partial charge in [0.25, 0.3) is 0 Å². The lowest BCUT2D eigenvalue weighted by Gasteiger charge is -2.23. The van der Waals surface area contributed by atoms with Crippen molar-refractivity contribution in [2.75, 3.05) is 13.1 Å². The molecule has 0 amide bonds. The Morgan fingerprint density at radius 2 is 1.90 bits per heavy atom. The monoisotopic (exact) mass is 391 g/mol. The smallest absolute Gasteiger partial charge is 0.207 e. The van der Waals surface area contributed by atoms with Crippen molar-refractivity contribution in [2.24, 2.45) is 0 Å². The van der Waals surface area contributed by atoms with Gasteiger partial charge in [0.1, 0.15) is 12.4 Å². The fourth-order valence-electron chi connectivity index (χ4n) is 1.61. The van der Waals surface area contributed by atoms with Crippen LogP contribution >= 0.6 is 15.9 Å². The normalized spacial score (nSPS) is 12.9. The Bertz CT molecular complexity index is 589. The van der Waals surface area contributed by atoms with E-state index in [2.05, 4.69) is 15.9 Å². The molecule has 120 valence electrons. The van der Waals surface area contributed by atoms with Gasteiger partial charge in [-0.1, -0.05) is 13.3 Å². The van der Waals surface area contributed by atoms with Crippen LogP contribution in [0.4, 0.5) is 17.6 Å². The Hall–Kier alpha value is -0.670. The molecular weight excluding hydrogens is 378 g/mol. The van der Waals surface area contributed by atoms with Gasteiger partial charge in [-0.15, -0.1) is 0 Å². The van der Waals surface area contributed by atoms with Crippen LogP contribution in [-0.2, 0) is 10.0 Å². The van der Waals surface area contributed by atoms with Crippen LogP contribution in [0.25, 0.3) is 0 Å². The van der Waals surface area contributed by atoms with Crippen LogP contribution in [0.2, 0.25) is 0 Å². The van der Waals surface area contributed by atoms with Crippen LogP contribution < -0.4 is 0 Å². The minimum Gasteiger partial charge on any atom is -0.207 e. The maximum absolute atomic E-state index is 13.4. The molecule has 0 bridgehead atoms. The van der Waals surface area contributed by atoms with Gasteiger partial charge in [0.2, 0.25) is 10.0 Å². The number of nitrogens with zero attached hydrogens (tertiary/aromatic N) is 1. The number of halogens is 5. The lowest BCUT2D eigenvalue weighted by atomic mass is 10.3. The minimum atomic E-state index is -4.66. The number of alkyl halides is 3. The molecule has 1 aromatic rings. The SMILES string of the molecule is CCCCN(CC(F)(F)F)S(=O)(=O)c1ccc(Br)c(F)c1. The van der Waals surface area contributed by atoms with Crippen molar-refractivity contribution in [3.05, 3.63) is 28.5 Å². The van der Waals surface area contributed by atoms with E-state index >= 15 is 0 Å². The second-order valence-electron chi connectivity index (χ2n) is 4.38. The van der Waals surface area contributed by atoms with E-state index in [1.807, 2.05) is 0 Å². The number of benzene rings is 1. The van der Waals surface area contributed by atoms with Gasteiger partial charge in [0.05, 0.1) is 9.37 Å². The van der Waals surface area contributed by atoms with E-state index in [4.69, 9.17) is 0 Å².